The Balaban J connectivity index is 0.00000420. The number of carbonyl (C=O) groups excluding carboxylic acids is 3. The summed E-state index contributed by atoms with van der Waals surface area (Å²) in [4.78, 5) is 38.5. The van der Waals surface area contributed by atoms with Crippen LogP contribution in [0.15, 0.2) is 60.7 Å². The molecule has 0 unspecified atom stereocenters. The van der Waals surface area contributed by atoms with Gasteiger partial charge in [0.2, 0.25) is 0 Å². The Bertz CT molecular complexity index is 1330. The maximum atomic E-state index is 14.1. The van der Waals surface area contributed by atoms with Crippen molar-refractivity contribution in [3.63, 3.8) is 0 Å². The summed E-state index contributed by atoms with van der Waals surface area (Å²) in [5, 5.41) is 25.8. The SMILES string of the molecule is COc1cc(C(=O)N[C@@H]2CNCCC[C@H]2OC(=O)c2ccc(C(=O)c3c(O)cccc3F)cc2)ccc1O.Cl. The first-order valence-corrected chi connectivity index (χ1v) is 12.0. The van der Waals surface area contributed by atoms with Gasteiger partial charge in [-0.25, -0.2) is 9.18 Å². The molecule has 1 amide bonds. The Morgan fingerprint density at radius 2 is 1.67 bits per heavy atom. The lowest BCUT2D eigenvalue weighted by molar-refractivity contribution is 0.0192. The molecule has 206 valence electrons. The lowest BCUT2D eigenvalue weighted by Gasteiger charge is -2.26. The summed E-state index contributed by atoms with van der Waals surface area (Å²) in [5.74, 6) is -3.03. The third-order valence-corrected chi connectivity index (χ3v) is 6.27. The van der Waals surface area contributed by atoms with Crippen molar-refractivity contribution < 1.29 is 38.5 Å². The van der Waals surface area contributed by atoms with Crippen LogP contribution >= 0.6 is 12.4 Å². The van der Waals surface area contributed by atoms with Crippen LogP contribution in [-0.4, -0.2) is 60.2 Å². The van der Waals surface area contributed by atoms with Crippen LogP contribution < -0.4 is 15.4 Å². The Kier molecular flexibility index (Phi) is 9.86. The van der Waals surface area contributed by atoms with Crippen molar-refractivity contribution in [1.82, 2.24) is 10.6 Å². The molecule has 39 heavy (non-hydrogen) atoms. The molecule has 1 aliphatic rings. The highest BCUT2D eigenvalue weighted by Crippen LogP contribution is 2.27. The number of hydrogen-bond donors (Lipinski definition) is 4. The molecule has 0 radical (unpaired) electrons. The van der Waals surface area contributed by atoms with Crippen molar-refractivity contribution in [3.8, 4) is 17.2 Å². The number of esters is 1. The van der Waals surface area contributed by atoms with Crippen LogP contribution in [-0.2, 0) is 4.74 Å². The highest BCUT2D eigenvalue weighted by Gasteiger charge is 2.29. The molecule has 1 fully saturated rings. The average Bonchev–Trinajstić information content (AvgIpc) is 3.13. The first-order chi connectivity index (χ1) is 18.3. The van der Waals surface area contributed by atoms with E-state index < -0.39 is 46.9 Å². The molecule has 2 atom stereocenters. The lowest BCUT2D eigenvalue weighted by Crippen LogP contribution is -2.49. The number of ketones is 1. The maximum absolute atomic E-state index is 14.1. The standard InChI is InChI=1S/C28H27FN2O7.ClH/c1-37-24-14-18(11-12-21(24)32)27(35)31-20-15-30-13-3-6-23(20)38-28(36)17-9-7-16(8-10-17)26(34)25-19(29)4-2-5-22(25)33;/h2,4-5,7-12,14,20,23,30,32-33H,3,6,13,15H2,1H3,(H,31,35);1H/t20-,23-;/m1./s1. The van der Waals surface area contributed by atoms with Crippen LogP contribution in [0.2, 0.25) is 0 Å². The van der Waals surface area contributed by atoms with Gasteiger partial charge in [-0.1, -0.05) is 18.2 Å². The minimum absolute atomic E-state index is 0. The van der Waals surface area contributed by atoms with E-state index in [2.05, 4.69) is 10.6 Å². The number of hydrogen-bond acceptors (Lipinski definition) is 8. The highest BCUT2D eigenvalue weighted by molar-refractivity contribution is 6.11. The van der Waals surface area contributed by atoms with E-state index in [-0.39, 0.29) is 40.6 Å². The molecule has 1 aliphatic heterocycles. The number of methoxy groups -OCH3 is 1. The zero-order chi connectivity index (χ0) is 27.2. The van der Waals surface area contributed by atoms with Crippen molar-refractivity contribution in [2.45, 2.75) is 25.0 Å². The summed E-state index contributed by atoms with van der Waals surface area (Å²) in [6.45, 7) is 1.06. The smallest absolute Gasteiger partial charge is 0.338 e. The summed E-state index contributed by atoms with van der Waals surface area (Å²) in [7, 11) is 1.38. The molecule has 9 nitrogen and oxygen atoms in total. The summed E-state index contributed by atoms with van der Waals surface area (Å²) in [5.41, 5.74) is 0.0914. The molecule has 4 N–H and O–H groups in total. The topological polar surface area (TPSA) is 134 Å². The van der Waals surface area contributed by atoms with Gasteiger partial charge in [-0.15, -0.1) is 12.4 Å². The van der Waals surface area contributed by atoms with Gasteiger partial charge in [-0.3, -0.25) is 9.59 Å². The van der Waals surface area contributed by atoms with Gasteiger partial charge >= 0.3 is 5.97 Å². The van der Waals surface area contributed by atoms with Gasteiger partial charge in [0.25, 0.3) is 5.91 Å². The largest absolute Gasteiger partial charge is 0.507 e. The molecular weight excluding hydrogens is 531 g/mol. The van der Waals surface area contributed by atoms with Crippen LogP contribution in [0, 0.1) is 5.82 Å². The van der Waals surface area contributed by atoms with Crippen LogP contribution in [0.25, 0.3) is 0 Å². The second-order valence-corrected chi connectivity index (χ2v) is 8.80. The van der Waals surface area contributed by atoms with Crippen LogP contribution in [0.3, 0.4) is 0 Å². The van der Waals surface area contributed by atoms with E-state index in [1.54, 1.807) is 0 Å². The monoisotopic (exact) mass is 558 g/mol. The predicted octanol–water partition coefficient (Wildman–Crippen LogP) is 3.61. The van der Waals surface area contributed by atoms with Gasteiger partial charge in [0, 0.05) is 17.7 Å². The number of rotatable bonds is 7. The Morgan fingerprint density at radius 3 is 2.36 bits per heavy atom. The Morgan fingerprint density at radius 1 is 0.974 bits per heavy atom. The number of benzene rings is 3. The number of nitrogens with one attached hydrogen (secondary N) is 2. The average molecular weight is 559 g/mol. The zero-order valence-corrected chi connectivity index (χ0v) is 21.8. The minimum atomic E-state index is -0.848. The van der Waals surface area contributed by atoms with E-state index in [1.807, 2.05) is 0 Å². The normalized spacial score (nSPS) is 16.8. The summed E-state index contributed by atoms with van der Waals surface area (Å²) < 4.78 is 24.9. The van der Waals surface area contributed by atoms with Gasteiger partial charge in [-0.05, 0) is 61.9 Å². The molecule has 0 saturated carbocycles. The van der Waals surface area contributed by atoms with Crippen LogP contribution in [0.1, 0.15) is 49.5 Å². The number of phenols is 2. The minimum Gasteiger partial charge on any atom is -0.507 e. The molecular formula is C28H28ClFN2O7. The number of amides is 1. The van der Waals surface area contributed by atoms with Crippen molar-refractivity contribution in [2.75, 3.05) is 20.2 Å². The fourth-order valence-electron chi connectivity index (χ4n) is 4.22. The number of ether oxygens (including phenoxy) is 2. The Hall–Kier alpha value is -4.15. The summed E-state index contributed by atoms with van der Waals surface area (Å²) in [6.07, 6.45) is 0.597. The lowest BCUT2D eigenvalue weighted by atomic mass is 10.0. The first kappa shape index (κ1) is 29.4. The van der Waals surface area contributed by atoms with E-state index >= 15 is 0 Å². The van der Waals surface area contributed by atoms with Crippen molar-refractivity contribution in [1.29, 1.82) is 0 Å². The number of halogens is 2. The predicted molar refractivity (Wildman–Crippen MR) is 142 cm³/mol. The van der Waals surface area contributed by atoms with Gasteiger partial charge in [0.1, 0.15) is 17.7 Å². The molecule has 0 spiro atoms. The highest BCUT2D eigenvalue weighted by atomic mass is 35.5. The number of aromatic hydroxyl groups is 2. The van der Waals surface area contributed by atoms with Gasteiger partial charge in [0.05, 0.1) is 24.3 Å². The fraction of sp³-hybridized carbons (Fsp3) is 0.250. The van der Waals surface area contributed by atoms with Crippen molar-refractivity contribution in [2.24, 2.45) is 0 Å². The summed E-state index contributed by atoms with van der Waals surface area (Å²) >= 11 is 0. The molecule has 0 bridgehead atoms. The van der Waals surface area contributed by atoms with E-state index in [0.717, 1.165) is 12.5 Å². The molecule has 1 heterocycles. The fourth-order valence-corrected chi connectivity index (χ4v) is 4.22. The van der Waals surface area contributed by atoms with E-state index in [4.69, 9.17) is 9.47 Å². The van der Waals surface area contributed by atoms with Gasteiger partial charge in [-0.2, -0.15) is 0 Å². The zero-order valence-electron chi connectivity index (χ0n) is 21.0. The third kappa shape index (κ3) is 6.84. The Labute approximate surface area is 230 Å². The molecule has 0 aromatic heterocycles. The van der Waals surface area contributed by atoms with E-state index in [0.29, 0.717) is 19.5 Å². The van der Waals surface area contributed by atoms with Crippen molar-refractivity contribution >= 4 is 30.1 Å². The third-order valence-electron chi connectivity index (χ3n) is 6.27. The molecule has 4 rings (SSSR count). The van der Waals surface area contributed by atoms with Crippen LogP contribution in [0.5, 0.6) is 17.2 Å². The van der Waals surface area contributed by atoms with E-state index in [9.17, 15) is 29.0 Å². The quantitative estimate of drug-likeness (QED) is 0.255. The second-order valence-electron chi connectivity index (χ2n) is 8.80. The maximum Gasteiger partial charge on any atom is 0.338 e. The first-order valence-electron chi connectivity index (χ1n) is 12.0. The molecule has 0 aliphatic carbocycles. The second kappa shape index (κ2) is 13.1. The number of carbonyl (C=O) groups is 3. The molecule has 1 saturated heterocycles. The molecule has 11 heteroatoms. The molecule has 3 aromatic carbocycles. The van der Waals surface area contributed by atoms with E-state index in [1.165, 1.54) is 61.7 Å². The van der Waals surface area contributed by atoms with Crippen LogP contribution in [0.4, 0.5) is 4.39 Å². The van der Waals surface area contributed by atoms with Gasteiger partial charge < -0.3 is 30.3 Å². The number of phenolic OH excluding ortho intramolecular Hbond substituents is 2. The van der Waals surface area contributed by atoms with Gasteiger partial charge in [0.15, 0.2) is 17.3 Å². The summed E-state index contributed by atoms with van der Waals surface area (Å²) in [6, 6.07) is 12.8. The molecule has 3 aromatic rings. The van der Waals surface area contributed by atoms with Crippen molar-refractivity contribution in [3.05, 3.63) is 88.7 Å².